The van der Waals surface area contributed by atoms with Gasteiger partial charge in [-0.3, -0.25) is 9.69 Å². The average molecular weight is 468 g/mol. The van der Waals surface area contributed by atoms with E-state index in [1.807, 2.05) is 54.6 Å². The van der Waals surface area contributed by atoms with E-state index < -0.39 is 5.97 Å². The molecule has 0 aliphatic heterocycles. The molecule has 0 aromatic heterocycles. The Labute approximate surface area is 184 Å². The number of hydrogen-bond acceptors (Lipinski definition) is 4. The number of amides is 1. The Morgan fingerprint density at radius 2 is 1.63 bits per heavy atom. The van der Waals surface area contributed by atoms with E-state index in [4.69, 9.17) is 9.47 Å². The second-order valence-corrected chi connectivity index (χ2v) is 7.37. The van der Waals surface area contributed by atoms with Crippen LogP contribution in [0.5, 0.6) is 0 Å². The van der Waals surface area contributed by atoms with Gasteiger partial charge in [0.25, 0.3) is 5.91 Å². The van der Waals surface area contributed by atoms with Crippen LogP contribution in [0.4, 0.5) is 11.4 Å². The first-order valence-corrected chi connectivity index (χ1v) is 10.3. The Hall–Kier alpha value is -2.96. The molecular weight excluding hydrogens is 446 g/mol. The minimum absolute atomic E-state index is 0.0823. The Morgan fingerprint density at radius 3 is 2.30 bits per heavy atom. The summed E-state index contributed by atoms with van der Waals surface area (Å²) in [6.45, 7) is 2.33. The molecule has 0 heterocycles. The molecule has 0 radical (unpaired) electrons. The monoisotopic (exact) mass is 467 g/mol. The standard InChI is InChI=1S/C24H22BrNO4/c1-2-30-24(28)19-11-13-21(14-12-19)26(22-10-6-9-20(25)15-22)23(27)17-29-16-18-7-4-3-5-8-18/h3-15H,2,16-17H2,1H3. The summed E-state index contributed by atoms with van der Waals surface area (Å²) in [6.07, 6.45) is 0. The third-order valence-corrected chi connectivity index (χ3v) is 4.78. The fraction of sp³-hybridized carbons (Fsp3) is 0.167. The highest BCUT2D eigenvalue weighted by Gasteiger charge is 2.19. The highest BCUT2D eigenvalue weighted by Crippen LogP contribution is 2.28. The molecule has 0 atom stereocenters. The summed E-state index contributed by atoms with van der Waals surface area (Å²) in [5.41, 5.74) is 2.76. The molecule has 0 unspecified atom stereocenters. The van der Waals surface area contributed by atoms with Gasteiger partial charge >= 0.3 is 5.97 Å². The molecule has 3 aromatic carbocycles. The van der Waals surface area contributed by atoms with Crippen molar-refractivity contribution in [2.75, 3.05) is 18.1 Å². The largest absolute Gasteiger partial charge is 0.462 e. The maximum absolute atomic E-state index is 13.1. The van der Waals surface area contributed by atoms with Crippen molar-refractivity contribution in [3.05, 3.63) is 94.5 Å². The second-order valence-electron chi connectivity index (χ2n) is 6.45. The molecule has 3 rings (SSSR count). The predicted molar refractivity (Wildman–Crippen MR) is 120 cm³/mol. The van der Waals surface area contributed by atoms with Crippen molar-refractivity contribution in [1.82, 2.24) is 0 Å². The molecule has 3 aromatic rings. The minimum atomic E-state index is -0.393. The van der Waals surface area contributed by atoms with Crippen LogP contribution in [0, 0.1) is 0 Å². The summed E-state index contributed by atoms with van der Waals surface area (Å²) < 4.78 is 11.5. The summed E-state index contributed by atoms with van der Waals surface area (Å²) in [5.74, 6) is -0.608. The van der Waals surface area contributed by atoms with Crippen LogP contribution in [-0.2, 0) is 20.9 Å². The number of esters is 1. The van der Waals surface area contributed by atoms with E-state index in [-0.39, 0.29) is 12.5 Å². The molecule has 6 heteroatoms. The first-order valence-electron chi connectivity index (χ1n) is 9.56. The zero-order chi connectivity index (χ0) is 21.3. The number of rotatable bonds is 8. The van der Waals surface area contributed by atoms with Gasteiger partial charge in [-0.1, -0.05) is 52.3 Å². The summed E-state index contributed by atoms with van der Waals surface area (Å²) in [7, 11) is 0. The fourth-order valence-corrected chi connectivity index (χ4v) is 3.30. The van der Waals surface area contributed by atoms with E-state index in [1.54, 1.807) is 36.1 Å². The Kier molecular flexibility index (Phi) is 7.76. The topological polar surface area (TPSA) is 55.8 Å². The van der Waals surface area contributed by atoms with E-state index in [9.17, 15) is 9.59 Å². The lowest BCUT2D eigenvalue weighted by molar-refractivity contribution is -0.122. The summed E-state index contributed by atoms with van der Waals surface area (Å²) in [5, 5.41) is 0. The molecule has 0 saturated heterocycles. The SMILES string of the molecule is CCOC(=O)c1ccc(N(C(=O)COCc2ccccc2)c2cccc(Br)c2)cc1. The Morgan fingerprint density at radius 1 is 0.900 bits per heavy atom. The van der Waals surface area contributed by atoms with Crippen molar-refractivity contribution in [2.24, 2.45) is 0 Å². The van der Waals surface area contributed by atoms with Crippen LogP contribution < -0.4 is 4.90 Å². The first-order chi connectivity index (χ1) is 14.6. The molecule has 1 amide bonds. The molecule has 154 valence electrons. The summed E-state index contributed by atoms with van der Waals surface area (Å²) in [4.78, 5) is 26.6. The number of carbonyl (C=O) groups excluding carboxylic acids is 2. The van der Waals surface area contributed by atoms with Crippen molar-refractivity contribution in [3.8, 4) is 0 Å². The number of hydrogen-bond donors (Lipinski definition) is 0. The molecule has 0 spiro atoms. The molecule has 0 bridgehead atoms. The molecule has 0 aliphatic rings. The Bertz CT molecular complexity index is 990. The fourth-order valence-electron chi connectivity index (χ4n) is 2.91. The average Bonchev–Trinajstić information content (AvgIpc) is 2.75. The van der Waals surface area contributed by atoms with Crippen LogP contribution in [0.25, 0.3) is 0 Å². The van der Waals surface area contributed by atoms with Crippen LogP contribution in [0.15, 0.2) is 83.3 Å². The van der Waals surface area contributed by atoms with Gasteiger partial charge in [0.2, 0.25) is 0 Å². The van der Waals surface area contributed by atoms with Crippen molar-refractivity contribution in [1.29, 1.82) is 0 Å². The van der Waals surface area contributed by atoms with E-state index in [2.05, 4.69) is 15.9 Å². The van der Waals surface area contributed by atoms with Gasteiger partial charge in [-0.05, 0) is 55.0 Å². The third-order valence-electron chi connectivity index (χ3n) is 4.29. The number of ether oxygens (including phenoxy) is 2. The zero-order valence-electron chi connectivity index (χ0n) is 16.6. The lowest BCUT2D eigenvalue weighted by Crippen LogP contribution is -2.29. The van der Waals surface area contributed by atoms with Crippen molar-refractivity contribution >= 4 is 39.2 Å². The van der Waals surface area contributed by atoms with Crippen LogP contribution in [0.2, 0.25) is 0 Å². The molecule has 5 nitrogen and oxygen atoms in total. The predicted octanol–water partition coefficient (Wildman–Crippen LogP) is 5.51. The highest BCUT2D eigenvalue weighted by molar-refractivity contribution is 9.10. The van der Waals surface area contributed by atoms with Crippen LogP contribution in [0.3, 0.4) is 0 Å². The molecule has 0 saturated carbocycles. The van der Waals surface area contributed by atoms with E-state index >= 15 is 0 Å². The van der Waals surface area contributed by atoms with Gasteiger partial charge in [0.1, 0.15) is 6.61 Å². The number of anilines is 2. The molecule has 0 N–H and O–H groups in total. The van der Waals surface area contributed by atoms with Gasteiger partial charge in [-0.15, -0.1) is 0 Å². The van der Waals surface area contributed by atoms with Gasteiger partial charge in [0.15, 0.2) is 0 Å². The second kappa shape index (κ2) is 10.7. The molecular formula is C24H22BrNO4. The van der Waals surface area contributed by atoms with Crippen molar-refractivity contribution in [2.45, 2.75) is 13.5 Å². The third kappa shape index (κ3) is 5.78. The first kappa shape index (κ1) is 21.7. The molecule has 30 heavy (non-hydrogen) atoms. The summed E-state index contributed by atoms with van der Waals surface area (Å²) in [6, 6.07) is 23.9. The van der Waals surface area contributed by atoms with E-state index in [0.717, 1.165) is 10.0 Å². The van der Waals surface area contributed by atoms with E-state index in [0.29, 0.717) is 30.2 Å². The van der Waals surface area contributed by atoms with E-state index in [1.165, 1.54) is 0 Å². The van der Waals surface area contributed by atoms with Gasteiger partial charge in [-0.2, -0.15) is 0 Å². The number of benzene rings is 3. The maximum Gasteiger partial charge on any atom is 0.338 e. The lowest BCUT2D eigenvalue weighted by atomic mass is 10.1. The molecule has 0 fully saturated rings. The quantitative estimate of drug-likeness (QED) is 0.410. The number of halogens is 1. The lowest BCUT2D eigenvalue weighted by Gasteiger charge is -2.23. The van der Waals surface area contributed by atoms with Gasteiger partial charge < -0.3 is 9.47 Å². The van der Waals surface area contributed by atoms with Gasteiger partial charge in [0.05, 0.1) is 24.5 Å². The Balaban J connectivity index is 1.80. The number of carbonyl (C=O) groups is 2. The van der Waals surface area contributed by atoms with Gasteiger partial charge in [-0.25, -0.2) is 4.79 Å². The van der Waals surface area contributed by atoms with Crippen LogP contribution in [0.1, 0.15) is 22.8 Å². The zero-order valence-corrected chi connectivity index (χ0v) is 18.2. The smallest absolute Gasteiger partial charge is 0.338 e. The molecule has 0 aliphatic carbocycles. The highest BCUT2D eigenvalue weighted by atomic mass is 79.9. The minimum Gasteiger partial charge on any atom is -0.462 e. The van der Waals surface area contributed by atoms with Crippen LogP contribution >= 0.6 is 15.9 Å². The van der Waals surface area contributed by atoms with Gasteiger partial charge in [0, 0.05) is 10.2 Å². The normalized spacial score (nSPS) is 10.5. The maximum atomic E-state index is 13.1. The number of nitrogens with zero attached hydrogens (tertiary/aromatic N) is 1. The van der Waals surface area contributed by atoms with Crippen LogP contribution in [-0.4, -0.2) is 25.1 Å². The summed E-state index contributed by atoms with van der Waals surface area (Å²) >= 11 is 3.45. The van der Waals surface area contributed by atoms with Crippen molar-refractivity contribution in [3.63, 3.8) is 0 Å². The van der Waals surface area contributed by atoms with Crippen molar-refractivity contribution < 1.29 is 19.1 Å².